The fourth-order valence-corrected chi connectivity index (χ4v) is 3.22. The zero-order chi connectivity index (χ0) is 25.6. The van der Waals surface area contributed by atoms with Crippen LogP contribution in [0.5, 0.6) is 0 Å². The van der Waals surface area contributed by atoms with Gasteiger partial charge in [0.1, 0.15) is 0 Å². The Morgan fingerprint density at radius 2 is 1.91 bits per heavy atom. The van der Waals surface area contributed by atoms with Crippen molar-refractivity contribution in [2.45, 2.75) is 13.1 Å². The Morgan fingerprint density at radius 1 is 1.14 bits per heavy atom. The van der Waals surface area contributed by atoms with Crippen molar-refractivity contribution in [3.05, 3.63) is 89.4 Å². The second-order valence-electron chi connectivity index (χ2n) is 7.60. The van der Waals surface area contributed by atoms with E-state index in [9.17, 15) is 18.0 Å². The Hall–Kier alpha value is -4.09. The predicted octanol–water partition coefficient (Wildman–Crippen LogP) is 3.70. The Morgan fingerprint density at radius 3 is 2.57 bits per heavy atom. The van der Waals surface area contributed by atoms with Crippen LogP contribution in [0.1, 0.15) is 27.0 Å². The van der Waals surface area contributed by atoms with E-state index in [1.165, 1.54) is 29.4 Å². The molecule has 0 spiro atoms. The number of aliphatic hydroxyl groups is 1. The minimum absolute atomic E-state index is 0.0780. The molecule has 3 rings (SSSR count). The van der Waals surface area contributed by atoms with Crippen molar-refractivity contribution in [3.63, 3.8) is 0 Å². The molecule has 0 radical (unpaired) electrons. The van der Waals surface area contributed by atoms with Crippen LogP contribution in [0.4, 0.5) is 30.2 Å². The number of aryl methyl sites for hydroxylation is 1. The molecule has 184 valence electrons. The first kappa shape index (κ1) is 25.5. The number of carbonyl (C=O) groups excluding carboxylic acids is 1. The third-order valence-corrected chi connectivity index (χ3v) is 5.04. The minimum Gasteiger partial charge on any atom is -0.397 e. The molecule has 0 saturated heterocycles. The molecule has 0 bridgehead atoms. The number of aliphatic hydroxyl groups excluding tert-OH is 1. The van der Waals surface area contributed by atoms with Gasteiger partial charge in [0, 0.05) is 36.3 Å². The monoisotopic (exact) mass is 486 g/mol. The second-order valence-corrected chi connectivity index (χ2v) is 7.60. The largest absolute Gasteiger partial charge is 0.416 e. The summed E-state index contributed by atoms with van der Waals surface area (Å²) in [5.41, 5.74) is 7.70. The molecule has 0 aliphatic carbocycles. The highest BCUT2D eigenvalue weighted by Crippen LogP contribution is 2.34. The molecule has 1 heterocycles. The van der Waals surface area contributed by atoms with Gasteiger partial charge in [0.25, 0.3) is 5.91 Å². The molecule has 11 heteroatoms. The van der Waals surface area contributed by atoms with Crippen molar-refractivity contribution >= 4 is 28.7 Å². The molecule has 0 saturated carbocycles. The van der Waals surface area contributed by atoms with E-state index in [-0.39, 0.29) is 30.1 Å². The van der Waals surface area contributed by atoms with Crippen LogP contribution in [0.15, 0.2) is 67.1 Å². The van der Waals surface area contributed by atoms with Crippen LogP contribution in [0.3, 0.4) is 0 Å². The SMILES string of the molecule is Cc1ccc(C(=O)Nc2cc(C(F)(F)F)ccc2NCCO)cc1N(N)/C=C(\N)c1cccnc1. The fraction of sp³-hybridized carbons (Fsp3) is 0.167. The van der Waals surface area contributed by atoms with Crippen molar-refractivity contribution in [3.8, 4) is 0 Å². The fourth-order valence-electron chi connectivity index (χ4n) is 3.22. The zero-order valence-corrected chi connectivity index (χ0v) is 18.8. The highest BCUT2D eigenvalue weighted by atomic mass is 19.4. The number of nitrogens with two attached hydrogens (primary N) is 2. The van der Waals surface area contributed by atoms with Crippen LogP contribution in [0, 0.1) is 6.92 Å². The molecule has 7 N–H and O–H groups in total. The van der Waals surface area contributed by atoms with Crippen LogP contribution in [-0.4, -0.2) is 29.1 Å². The highest BCUT2D eigenvalue weighted by Gasteiger charge is 2.31. The molecule has 0 aliphatic rings. The van der Waals surface area contributed by atoms with Gasteiger partial charge in [0.15, 0.2) is 0 Å². The summed E-state index contributed by atoms with van der Waals surface area (Å²) in [6, 6.07) is 11.1. The first-order valence-electron chi connectivity index (χ1n) is 10.5. The third kappa shape index (κ3) is 6.49. The number of carbonyl (C=O) groups is 1. The van der Waals surface area contributed by atoms with Gasteiger partial charge in [0.05, 0.1) is 34.9 Å². The van der Waals surface area contributed by atoms with Crippen molar-refractivity contribution in [1.82, 2.24) is 4.98 Å². The van der Waals surface area contributed by atoms with Crippen molar-refractivity contribution in [2.24, 2.45) is 11.6 Å². The molecule has 0 aliphatic heterocycles. The van der Waals surface area contributed by atoms with Gasteiger partial charge in [-0.3, -0.25) is 14.8 Å². The number of rotatable bonds is 8. The summed E-state index contributed by atoms with van der Waals surface area (Å²) < 4.78 is 39.6. The average molecular weight is 486 g/mol. The molecule has 8 nitrogen and oxygen atoms in total. The van der Waals surface area contributed by atoms with Crippen LogP contribution in [0.25, 0.3) is 5.70 Å². The topological polar surface area (TPSA) is 130 Å². The molecule has 2 aromatic carbocycles. The normalized spacial score (nSPS) is 11.8. The Kier molecular flexibility index (Phi) is 7.94. The standard InChI is InChI=1S/C24H25F3N6O2/c1-15-4-5-16(11-22(15)33(29)14-19(28)17-3-2-8-30-13-17)23(35)32-21-12-18(24(25,26)27)6-7-20(21)31-9-10-34/h2-8,11-14,31,34H,9-10,28-29H2,1H3,(H,32,35)/b19-14-. The number of aromatic nitrogens is 1. The number of amides is 1. The van der Waals surface area contributed by atoms with E-state index in [2.05, 4.69) is 15.6 Å². The number of nitrogens with one attached hydrogen (secondary N) is 2. The summed E-state index contributed by atoms with van der Waals surface area (Å²) in [6.45, 7) is 1.64. The van der Waals surface area contributed by atoms with Gasteiger partial charge < -0.3 is 21.5 Å². The third-order valence-electron chi connectivity index (χ3n) is 5.04. The lowest BCUT2D eigenvalue weighted by molar-refractivity contribution is -0.137. The lowest BCUT2D eigenvalue weighted by atomic mass is 10.1. The molecule has 35 heavy (non-hydrogen) atoms. The maximum Gasteiger partial charge on any atom is 0.416 e. The van der Waals surface area contributed by atoms with E-state index in [4.69, 9.17) is 16.7 Å². The van der Waals surface area contributed by atoms with Gasteiger partial charge in [-0.05, 0) is 55.0 Å². The molecule has 1 amide bonds. The summed E-state index contributed by atoms with van der Waals surface area (Å²) >= 11 is 0. The smallest absolute Gasteiger partial charge is 0.397 e. The number of benzene rings is 2. The van der Waals surface area contributed by atoms with Crippen LogP contribution in [-0.2, 0) is 6.18 Å². The van der Waals surface area contributed by atoms with Gasteiger partial charge in [-0.25, -0.2) is 5.84 Å². The Balaban J connectivity index is 1.89. The van der Waals surface area contributed by atoms with E-state index in [1.807, 2.05) is 0 Å². The lowest BCUT2D eigenvalue weighted by Gasteiger charge is -2.19. The van der Waals surface area contributed by atoms with Gasteiger partial charge in [-0.1, -0.05) is 6.07 Å². The lowest BCUT2D eigenvalue weighted by Crippen LogP contribution is -2.27. The number of alkyl halides is 3. The van der Waals surface area contributed by atoms with Gasteiger partial charge in [-0.2, -0.15) is 13.2 Å². The van der Waals surface area contributed by atoms with Crippen LogP contribution >= 0.6 is 0 Å². The minimum atomic E-state index is -4.59. The summed E-state index contributed by atoms with van der Waals surface area (Å²) in [6.07, 6.45) is 0.0730. The van der Waals surface area contributed by atoms with Crippen LogP contribution < -0.4 is 27.2 Å². The van der Waals surface area contributed by atoms with Crippen molar-refractivity contribution < 1.29 is 23.1 Å². The summed E-state index contributed by atoms with van der Waals surface area (Å²) in [4.78, 5) is 17.0. The zero-order valence-electron chi connectivity index (χ0n) is 18.8. The number of hydrogen-bond acceptors (Lipinski definition) is 7. The number of anilines is 3. The van der Waals surface area contributed by atoms with E-state index >= 15 is 0 Å². The average Bonchev–Trinajstić information content (AvgIpc) is 2.83. The quantitative estimate of drug-likeness (QED) is 0.242. The second kappa shape index (κ2) is 10.9. The van der Waals surface area contributed by atoms with E-state index in [1.54, 1.807) is 37.5 Å². The number of nitrogens with zero attached hydrogens (tertiary/aromatic N) is 2. The van der Waals surface area contributed by atoms with Gasteiger partial charge in [-0.15, -0.1) is 0 Å². The molecule has 0 atom stereocenters. The maximum absolute atomic E-state index is 13.2. The van der Waals surface area contributed by atoms with Gasteiger partial charge >= 0.3 is 6.18 Å². The number of hydrogen-bond donors (Lipinski definition) is 5. The summed E-state index contributed by atoms with van der Waals surface area (Å²) in [5, 5.41) is 15.6. The number of hydrazine groups is 1. The summed E-state index contributed by atoms with van der Waals surface area (Å²) in [7, 11) is 0. The molecule has 3 aromatic rings. The van der Waals surface area contributed by atoms with E-state index in [0.717, 1.165) is 17.7 Å². The first-order valence-corrected chi connectivity index (χ1v) is 10.5. The number of pyridine rings is 1. The molecular weight excluding hydrogens is 461 g/mol. The molecular formula is C24H25F3N6O2. The summed E-state index contributed by atoms with van der Waals surface area (Å²) in [5.74, 6) is 5.53. The number of halogens is 3. The van der Waals surface area contributed by atoms with E-state index in [0.29, 0.717) is 16.9 Å². The van der Waals surface area contributed by atoms with E-state index < -0.39 is 17.6 Å². The molecule has 0 unspecified atom stereocenters. The van der Waals surface area contributed by atoms with Crippen LogP contribution in [0.2, 0.25) is 0 Å². The maximum atomic E-state index is 13.2. The van der Waals surface area contributed by atoms with Gasteiger partial charge in [0.2, 0.25) is 0 Å². The molecule has 0 fully saturated rings. The Bertz CT molecular complexity index is 1220. The first-order chi connectivity index (χ1) is 16.6. The predicted molar refractivity (Wildman–Crippen MR) is 129 cm³/mol. The van der Waals surface area contributed by atoms with Crippen molar-refractivity contribution in [2.75, 3.05) is 28.8 Å². The van der Waals surface area contributed by atoms with Crippen molar-refractivity contribution in [1.29, 1.82) is 0 Å². The Labute approximate surface area is 200 Å². The molecule has 1 aromatic heterocycles. The highest BCUT2D eigenvalue weighted by molar-refractivity contribution is 6.06.